The molecule has 0 aliphatic rings. The van der Waals surface area contributed by atoms with E-state index in [0.717, 1.165) is 28.1 Å². The maximum absolute atomic E-state index is 14.1. The number of hydrogen-bond donors (Lipinski definition) is 3. The minimum Gasteiger partial charge on any atom is -0.356 e. The van der Waals surface area contributed by atoms with Crippen molar-refractivity contribution in [3.63, 3.8) is 0 Å². The van der Waals surface area contributed by atoms with Crippen molar-refractivity contribution in [1.82, 2.24) is 0 Å². The molecule has 0 unspecified atom stereocenters. The molecule has 0 amide bonds. The largest absolute Gasteiger partial charge is 0.356 e. The zero-order valence-corrected chi connectivity index (χ0v) is 13.9. The van der Waals surface area contributed by atoms with E-state index >= 15 is 0 Å². The van der Waals surface area contributed by atoms with Crippen molar-refractivity contribution in [3.8, 4) is 11.1 Å². The van der Waals surface area contributed by atoms with Gasteiger partial charge in [0.15, 0.2) is 0 Å². The van der Waals surface area contributed by atoms with Crippen LogP contribution in [0, 0.1) is 12.7 Å². The number of benzene rings is 3. The maximum atomic E-state index is 14.1. The summed E-state index contributed by atoms with van der Waals surface area (Å²) in [5, 5.41) is 3.60. The van der Waals surface area contributed by atoms with Crippen molar-refractivity contribution >= 4 is 28.7 Å². The Kier molecular flexibility index (Phi) is 4.69. The van der Waals surface area contributed by atoms with Gasteiger partial charge in [0, 0.05) is 11.4 Å². The van der Waals surface area contributed by atoms with E-state index in [1.54, 1.807) is 0 Å². The van der Waals surface area contributed by atoms with E-state index in [1.165, 1.54) is 6.07 Å². The summed E-state index contributed by atoms with van der Waals surface area (Å²) < 4.78 is 14.1. The highest BCUT2D eigenvalue weighted by Gasteiger charge is 2.14. The molecular weight excluding hydrogens is 325 g/mol. The second kappa shape index (κ2) is 6.91. The fraction of sp³-hybridized carbons (Fsp3) is 0.0526. The molecule has 0 spiro atoms. The highest BCUT2D eigenvalue weighted by molar-refractivity contribution is 6.34. The Morgan fingerprint density at radius 1 is 0.958 bits per heavy atom. The maximum Gasteiger partial charge on any atom is 0.149 e. The number of nitrogens with one attached hydrogen (secondary N) is 2. The van der Waals surface area contributed by atoms with Crippen LogP contribution in [0.25, 0.3) is 11.1 Å². The van der Waals surface area contributed by atoms with Crippen LogP contribution in [0.15, 0.2) is 60.7 Å². The molecule has 3 nitrogen and oxygen atoms in total. The molecule has 0 saturated carbocycles. The van der Waals surface area contributed by atoms with Crippen molar-refractivity contribution in [1.29, 1.82) is 0 Å². The van der Waals surface area contributed by atoms with Crippen LogP contribution in [0.4, 0.5) is 21.5 Å². The third-order valence-corrected chi connectivity index (χ3v) is 4.34. The predicted octanol–water partition coefficient (Wildman–Crippen LogP) is 5.48. The van der Waals surface area contributed by atoms with Gasteiger partial charge in [0.1, 0.15) is 11.5 Å². The number of hydrazine groups is 1. The van der Waals surface area contributed by atoms with Crippen molar-refractivity contribution in [2.45, 2.75) is 6.92 Å². The van der Waals surface area contributed by atoms with Crippen LogP contribution in [0.3, 0.4) is 0 Å². The van der Waals surface area contributed by atoms with Gasteiger partial charge in [-0.3, -0.25) is 5.84 Å². The lowest BCUT2D eigenvalue weighted by atomic mass is 9.99. The number of anilines is 3. The van der Waals surface area contributed by atoms with Crippen molar-refractivity contribution in [3.05, 3.63) is 77.1 Å². The fourth-order valence-corrected chi connectivity index (χ4v) is 2.82. The molecule has 3 aromatic carbocycles. The van der Waals surface area contributed by atoms with Crippen LogP contribution in [-0.2, 0) is 0 Å². The average Bonchev–Trinajstić information content (AvgIpc) is 2.60. The van der Waals surface area contributed by atoms with Gasteiger partial charge in [0.05, 0.1) is 5.02 Å². The summed E-state index contributed by atoms with van der Waals surface area (Å²) >= 11 is 6.20. The van der Waals surface area contributed by atoms with Crippen LogP contribution in [-0.4, -0.2) is 0 Å². The molecule has 0 bridgehead atoms. The Hall–Kier alpha value is -2.56. The summed E-state index contributed by atoms with van der Waals surface area (Å²) in [6.07, 6.45) is 0. The molecule has 0 radical (unpaired) electrons. The molecule has 0 saturated heterocycles. The normalized spacial score (nSPS) is 10.5. The lowest BCUT2D eigenvalue weighted by Crippen LogP contribution is -2.10. The number of para-hydroxylation sites is 1. The van der Waals surface area contributed by atoms with Gasteiger partial charge in [-0.2, -0.15) is 0 Å². The minimum atomic E-state index is -0.477. The molecule has 0 heterocycles. The zero-order valence-electron chi connectivity index (χ0n) is 13.1. The average molecular weight is 342 g/mol. The second-order valence-electron chi connectivity index (χ2n) is 5.43. The van der Waals surface area contributed by atoms with Gasteiger partial charge in [0.2, 0.25) is 0 Å². The molecule has 24 heavy (non-hydrogen) atoms. The summed E-state index contributed by atoms with van der Waals surface area (Å²) in [5.41, 5.74) is 6.77. The van der Waals surface area contributed by atoms with E-state index in [-0.39, 0.29) is 5.69 Å². The number of rotatable bonds is 4. The fourth-order valence-electron chi connectivity index (χ4n) is 2.57. The van der Waals surface area contributed by atoms with Gasteiger partial charge in [-0.25, -0.2) is 4.39 Å². The van der Waals surface area contributed by atoms with Crippen LogP contribution >= 0.6 is 11.6 Å². The summed E-state index contributed by atoms with van der Waals surface area (Å²) in [6, 6.07) is 19.1. The Labute approximate surface area is 145 Å². The van der Waals surface area contributed by atoms with Crippen molar-refractivity contribution in [2.24, 2.45) is 5.84 Å². The highest BCUT2D eigenvalue weighted by atomic mass is 35.5. The van der Waals surface area contributed by atoms with Crippen LogP contribution in [0.1, 0.15) is 5.56 Å². The monoisotopic (exact) mass is 341 g/mol. The number of nitrogens with two attached hydrogens (primary N) is 1. The Morgan fingerprint density at radius 3 is 2.21 bits per heavy atom. The molecule has 0 atom stereocenters. The van der Waals surface area contributed by atoms with Gasteiger partial charge in [0.25, 0.3) is 0 Å². The molecule has 0 aliphatic carbocycles. The molecule has 0 aliphatic heterocycles. The van der Waals surface area contributed by atoms with Gasteiger partial charge in [-0.15, -0.1) is 0 Å². The smallest absolute Gasteiger partial charge is 0.149 e. The lowest BCUT2D eigenvalue weighted by molar-refractivity contribution is 0.631. The summed E-state index contributed by atoms with van der Waals surface area (Å²) in [5.74, 6) is 4.84. The van der Waals surface area contributed by atoms with E-state index in [1.807, 2.05) is 61.5 Å². The quantitative estimate of drug-likeness (QED) is 0.435. The molecule has 3 rings (SSSR count). The van der Waals surface area contributed by atoms with E-state index in [4.69, 9.17) is 17.4 Å². The molecule has 3 aromatic rings. The zero-order chi connectivity index (χ0) is 17.1. The Bertz CT molecular complexity index is 849. The summed E-state index contributed by atoms with van der Waals surface area (Å²) in [6.45, 7) is 1.84. The minimum absolute atomic E-state index is 0.111. The predicted molar refractivity (Wildman–Crippen MR) is 99.1 cm³/mol. The second-order valence-corrected chi connectivity index (χ2v) is 5.81. The third kappa shape index (κ3) is 3.20. The topological polar surface area (TPSA) is 50.1 Å². The Balaban J connectivity index is 1.91. The Morgan fingerprint density at radius 2 is 1.58 bits per heavy atom. The van der Waals surface area contributed by atoms with Gasteiger partial charge < -0.3 is 10.7 Å². The first-order chi connectivity index (χ1) is 11.6. The molecular formula is C19H17ClFN3. The summed E-state index contributed by atoms with van der Waals surface area (Å²) in [7, 11) is 0. The van der Waals surface area contributed by atoms with E-state index < -0.39 is 5.82 Å². The van der Waals surface area contributed by atoms with Crippen LogP contribution in [0.2, 0.25) is 5.02 Å². The van der Waals surface area contributed by atoms with E-state index in [9.17, 15) is 4.39 Å². The third-order valence-electron chi connectivity index (χ3n) is 3.87. The molecule has 0 aromatic heterocycles. The first kappa shape index (κ1) is 16.3. The number of halogens is 2. The highest BCUT2D eigenvalue weighted by Crippen LogP contribution is 2.36. The number of nitrogen functional groups attached to an aromatic ring is 1. The van der Waals surface area contributed by atoms with Crippen LogP contribution < -0.4 is 16.6 Å². The van der Waals surface area contributed by atoms with Crippen molar-refractivity contribution in [2.75, 3.05) is 10.7 Å². The summed E-state index contributed by atoms with van der Waals surface area (Å²) in [4.78, 5) is 0. The number of hydrogen-bond acceptors (Lipinski definition) is 3. The SMILES string of the molecule is Cc1c(-c2ccc(Nc3ccccc3)cc2)cc(F)c(NN)c1Cl. The van der Waals surface area contributed by atoms with E-state index in [2.05, 4.69) is 10.7 Å². The van der Waals surface area contributed by atoms with Gasteiger partial charge in [-0.1, -0.05) is 41.9 Å². The van der Waals surface area contributed by atoms with Crippen molar-refractivity contribution < 1.29 is 4.39 Å². The first-order valence-electron chi connectivity index (χ1n) is 7.48. The van der Waals surface area contributed by atoms with Gasteiger partial charge >= 0.3 is 0 Å². The van der Waals surface area contributed by atoms with Crippen LogP contribution in [0.5, 0.6) is 0 Å². The molecule has 5 heteroatoms. The lowest BCUT2D eigenvalue weighted by Gasteiger charge is -2.14. The standard InChI is InChI=1S/C19H17ClFN3/c1-12-16(11-17(21)19(24-22)18(12)20)13-7-9-15(10-8-13)23-14-5-3-2-4-6-14/h2-11,23-24H,22H2,1H3. The molecule has 122 valence electrons. The van der Waals surface area contributed by atoms with Gasteiger partial charge in [-0.05, 0) is 53.9 Å². The molecule has 4 N–H and O–H groups in total. The molecule has 0 fully saturated rings. The first-order valence-corrected chi connectivity index (χ1v) is 7.85. The van der Waals surface area contributed by atoms with E-state index in [0.29, 0.717) is 5.02 Å².